The number of nitrogens with zero attached hydrogens (tertiary/aromatic N) is 4. The molecular formula is C21H17N5O3. The molecule has 0 saturated carbocycles. The lowest BCUT2D eigenvalue weighted by Gasteiger charge is -2.09. The van der Waals surface area contributed by atoms with E-state index in [-0.39, 0.29) is 6.61 Å². The van der Waals surface area contributed by atoms with Gasteiger partial charge in [0.2, 0.25) is 0 Å². The largest absolute Gasteiger partial charge is 0.449 e. The summed E-state index contributed by atoms with van der Waals surface area (Å²) in [6.45, 7) is -0.121. The lowest BCUT2D eigenvalue weighted by molar-refractivity contribution is 0.281. The number of aliphatic hydroxyl groups is 1. The summed E-state index contributed by atoms with van der Waals surface area (Å²) in [7, 11) is 0. The number of aliphatic hydroxyl groups excluding tert-OH is 1. The number of pyridine rings is 1. The third-order valence-electron chi connectivity index (χ3n) is 5.02. The Morgan fingerprint density at radius 3 is 2.76 bits per heavy atom. The van der Waals surface area contributed by atoms with Crippen LogP contribution >= 0.6 is 0 Å². The Morgan fingerprint density at radius 1 is 1.10 bits per heavy atom. The summed E-state index contributed by atoms with van der Waals surface area (Å²) in [5, 5.41) is 26.0. The van der Waals surface area contributed by atoms with Crippen LogP contribution in [0.15, 0.2) is 58.6 Å². The molecule has 1 aliphatic carbocycles. The maximum Gasteiger partial charge on any atom is 0.197 e. The molecule has 29 heavy (non-hydrogen) atoms. The van der Waals surface area contributed by atoms with Crippen molar-refractivity contribution in [2.75, 3.05) is 5.32 Å². The van der Waals surface area contributed by atoms with Crippen molar-refractivity contribution in [2.24, 2.45) is 5.16 Å². The first-order valence-corrected chi connectivity index (χ1v) is 9.16. The number of hydrogen-bond donors (Lipinski definition) is 3. The minimum atomic E-state index is -0.121. The zero-order valence-corrected chi connectivity index (χ0v) is 15.3. The molecule has 3 N–H and O–H groups in total. The summed E-state index contributed by atoms with van der Waals surface area (Å²) in [6.07, 6.45) is 8.06. The molecule has 0 fully saturated rings. The lowest BCUT2D eigenvalue weighted by atomic mass is 10.1. The summed E-state index contributed by atoms with van der Waals surface area (Å²) >= 11 is 0. The van der Waals surface area contributed by atoms with E-state index in [1.54, 1.807) is 24.8 Å². The van der Waals surface area contributed by atoms with Gasteiger partial charge >= 0.3 is 0 Å². The monoisotopic (exact) mass is 387 g/mol. The number of benzene rings is 1. The molecule has 8 heteroatoms. The Labute approximate surface area is 165 Å². The first kappa shape index (κ1) is 17.3. The zero-order chi connectivity index (χ0) is 19.8. The van der Waals surface area contributed by atoms with Crippen LogP contribution in [-0.4, -0.2) is 31.0 Å². The number of anilines is 2. The SMILES string of the molecule is OCc1cnc(-c2oc3cnccc3c2Nc2ccc3c(c2)CCC3=NO)nc1. The van der Waals surface area contributed by atoms with E-state index < -0.39 is 0 Å². The van der Waals surface area contributed by atoms with Crippen molar-refractivity contribution in [3.05, 3.63) is 65.7 Å². The third kappa shape index (κ3) is 2.99. The van der Waals surface area contributed by atoms with E-state index >= 15 is 0 Å². The number of fused-ring (bicyclic) bond motifs is 2. The van der Waals surface area contributed by atoms with Crippen molar-refractivity contribution >= 4 is 28.1 Å². The van der Waals surface area contributed by atoms with Crippen molar-refractivity contribution < 1.29 is 14.7 Å². The molecule has 4 aromatic rings. The van der Waals surface area contributed by atoms with Crippen LogP contribution in [0.2, 0.25) is 0 Å². The van der Waals surface area contributed by atoms with Crippen LogP contribution in [0.25, 0.3) is 22.6 Å². The molecule has 0 unspecified atom stereocenters. The predicted molar refractivity (Wildman–Crippen MR) is 107 cm³/mol. The van der Waals surface area contributed by atoms with Crippen molar-refractivity contribution in [1.29, 1.82) is 0 Å². The Balaban J connectivity index is 1.59. The highest BCUT2D eigenvalue weighted by molar-refractivity contribution is 6.05. The molecule has 0 bridgehead atoms. The molecule has 5 rings (SSSR count). The molecule has 0 amide bonds. The molecule has 1 aliphatic rings. The van der Waals surface area contributed by atoms with Gasteiger partial charge in [-0.05, 0) is 36.6 Å². The average molecular weight is 387 g/mol. The van der Waals surface area contributed by atoms with Gasteiger partial charge in [-0.3, -0.25) is 4.98 Å². The minimum Gasteiger partial charge on any atom is -0.449 e. The fraction of sp³-hybridized carbons (Fsp3) is 0.143. The van der Waals surface area contributed by atoms with Crippen LogP contribution in [-0.2, 0) is 13.0 Å². The number of oxime groups is 1. The highest BCUT2D eigenvalue weighted by Gasteiger charge is 2.21. The summed E-state index contributed by atoms with van der Waals surface area (Å²) in [4.78, 5) is 12.8. The van der Waals surface area contributed by atoms with Crippen LogP contribution in [0.5, 0.6) is 0 Å². The van der Waals surface area contributed by atoms with E-state index in [0.717, 1.165) is 40.7 Å². The first-order valence-electron chi connectivity index (χ1n) is 9.16. The predicted octanol–water partition coefficient (Wildman–Crippen LogP) is 3.65. The quantitative estimate of drug-likeness (QED) is 0.361. The van der Waals surface area contributed by atoms with Crippen molar-refractivity contribution in [2.45, 2.75) is 19.4 Å². The number of aromatic nitrogens is 3. The fourth-order valence-corrected chi connectivity index (χ4v) is 3.58. The number of aryl methyl sites for hydroxylation is 1. The van der Waals surface area contributed by atoms with E-state index in [9.17, 15) is 5.11 Å². The van der Waals surface area contributed by atoms with E-state index in [0.29, 0.717) is 28.4 Å². The van der Waals surface area contributed by atoms with Crippen molar-refractivity contribution in [3.8, 4) is 11.6 Å². The first-order chi connectivity index (χ1) is 14.3. The normalized spacial score (nSPS) is 14.4. The van der Waals surface area contributed by atoms with Gasteiger partial charge in [-0.2, -0.15) is 0 Å². The summed E-state index contributed by atoms with van der Waals surface area (Å²) < 4.78 is 5.99. The van der Waals surface area contributed by atoms with Gasteiger partial charge < -0.3 is 20.0 Å². The molecule has 3 aromatic heterocycles. The third-order valence-corrected chi connectivity index (χ3v) is 5.02. The van der Waals surface area contributed by atoms with E-state index in [1.165, 1.54) is 0 Å². The van der Waals surface area contributed by atoms with Gasteiger partial charge in [0.1, 0.15) is 0 Å². The second-order valence-electron chi connectivity index (χ2n) is 6.79. The second-order valence-corrected chi connectivity index (χ2v) is 6.79. The maximum atomic E-state index is 9.23. The summed E-state index contributed by atoms with van der Waals surface area (Å²) in [6, 6.07) is 7.81. The highest BCUT2D eigenvalue weighted by atomic mass is 16.4. The lowest BCUT2D eigenvalue weighted by Crippen LogP contribution is -1.97. The Morgan fingerprint density at radius 2 is 1.97 bits per heavy atom. The Bertz CT molecular complexity index is 1230. The van der Waals surface area contributed by atoms with Gasteiger partial charge in [-0.1, -0.05) is 11.2 Å². The molecule has 0 spiro atoms. The zero-order valence-electron chi connectivity index (χ0n) is 15.3. The maximum absolute atomic E-state index is 9.23. The second kappa shape index (κ2) is 6.99. The standard InChI is InChI=1S/C21H17N5O3/c27-11-12-8-23-21(24-9-12)20-19(16-5-6-22-10-18(16)29-20)25-14-2-3-15-13(7-14)1-4-17(15)26-28/h2-3,5-10,25,27-28H,1,4,11H2. The summed E-state index contributed by atoms with van der Waals surface area (Å²) in [5.41, 5.74) is 5.69. The van der Waals surface area contributed by atoms with E-state index in [1.807, 2.05) is 24.3 Å². The number of furan rings is 1. The number of hydrogen-bond acceptors (Lipinski definition) is 8. The van der Waals surface area contributed by atoms with Gasteiger partial charge in [0, 0.05) is 40.8 Å². The van der Waals surface area contributed by atoms with Crippen molar-refractivity contribution in [1.82, 2.24) is 15.0 Å². The van der Waals surface area contributed by atoms with Gasteiger partial charge in [0.25, 0.3) is 0 Å². The van der Waals surface area contributed by atoms with Gasteiger partial charge in [-0.15, -0.1) is 0 Å². The Hall–Kier alpha value is -3.78. The molecule has 8 nitrogen and oxygen atoms in total. The topological polar surface area (TPSA) is 117 Å². The molecule has 0 saturated heterocycles. The van der Waals surface area contributed by atoms with Crippen molar-refractivity contribution in [3.63, 3.8) is 0 Å². The van der Waals surface area contributed by atoms with E-state index in [2.05, 4.69) is 25.4 Å². The van der Waals surface area contributed by atoms with Crippen LogP contribution < -0.4 is 5.32 Å². The number of rotatable bonds is 4. The number of nitrogens with one attached hydrogen (secondary N) is 1. The molecule has 0 aliphatic heterocycles. The van der Waals surface area contributed by atoms with E-state index in [4.69, 9.17) is 9.62 Å². The van der Waals surface area contributed by atoms with Crippen LogP contribution in [0, 0.1) is 0 Å². The summed E-state index contributed by atoms with van der Waals surface area (Å²) in [5.74, 6) is 0.910. The van der Waals surface area contributed by atoms with Crippen LogP contribution in [0.4, 0.5) is 11.4 Å². The van der Waals surface area contributed by atoms with Gasteiger partial charge in [0.05, 0.1) is 24.2 Å². The molecule has 0 atom stereocenters. The fourth-order valence-electron chi connectivity index (χ4n) is 3.58. The smallest absolute Gasteiger partial charge is 0.197 e. The van der Waals surface area contributed by atoms with Gasteiger partial charge in [0.15, 0.2) is 17.2 Å². The molecule has 144 valence electrons. The average Bonchev–Trinajstić information content (AvgIpc) is 3.35. The van der Waals surface area contributed by atoms with Crippen LogP contribution in [0.1, 0.15) is 23.1 Å². The molecule has 3 heterocycles. The molecular weight excluding hydrogens is 370 g/mol. The molecule has 1 aromatic carbocycles. The Kier molecular flexibility index (Phi) is 4.18. The highest BCUT2D eigenvalue weighted by Crippen LogP contribution is 2.38. The minimum absolute atomic E-state index is 0.121. The van der Waals surface area contributed by atoms with Gasteiger partial charge in [-0.25, -0.2) is 9.97 Å². The van der Waals surface area contributed by atoms with Crippen LogP contribution in [0.3, 0.4) is 0 Å². The molecule has 0 radical (unpaired) electrons.